The first-order chi connectivity index (χ1) is 18.1. The highest BCUT2D eigenvalue weighted by molar-refractivity contribution is 5.78. The van der Waals surface area contributed by atoms with Crippen molar-refractivity contribution >= 4 is 11.0 Å². The third-order valence-electron chi connectivity index (χ3n) is 7.02. The summed E-state index contributed by atoms with van der Waals surface area (Å²) >= 11 is 0. The Kier molecular flexibility index (Phi) is 7.70. The van der Waals surface area contributed by atoms with Gasteiger partial charge in [-0.25, -0.2) is 0 Å². The summed E-state index contributed by atoms with van der Waals surface area (Å²) < 4.78 is 22.9. The SMILES string of the molecule is COc1ccnc(CN2CCC(CCOc3ccc(-c4cc(=O)c5ccccc5o4)cc3)CC2)c1OC. The third-order valence-corrected chi connectivity index (χ3v) is 7.02. The van der Waals surface area contributed by atoms with Gasteiger partial charge in [0.05, 0.1) is 26.2 Å². The standard InChI is InChI=1S/C30H32N2O5/c1-34-28-11-15-31-25(30(28)35-2)20-32-16-12-21(13-17-32)14-18-36-23-9-7-22(8-10-23)29-19-26(33)24-5-3-4-6-27(24)37-29/h3-11,15,19,21H,12-14,16-18,20H2,1-2H3. The molecule has 0 saturated carbocycles. The predicted molar refractivity (Wildman–Crippen MR) is 143 cm³/mol. The fraction of sp³-hybridized carbons (Fsp3) is 0.333. The molecule has 0 N–H and O–H groups in total. The molecule has 7 heteroatoms. The first-order valence-corrected chi connectivity index (χ1v) is 12.7. The van der Waals surface area contributed by atoms with Gasteiger partial charge in [-0.15, -0.1) is 0 Å². The second-order valence-electron chi connectivity index (χ2n) is 9.35. The number of likely N-dealkylation sites (tertiary alicyclic amines) is 1. The Morgan fingerprint density at radius 1 is 1.00 bits per heavy atom. The van der Waals surface area contributed by atoms with Gasteiger partial charge in [0.1, 0.15) is 22.8 Å². The summed E-state index contributed by atoms with van der Waals surface area (Å²) in [6, 6.07) is 18.4. The summed E-state index contributed by atoms with van der Waals surface area (Å²) in [7, 11) is 3.30. The van der Waals surface area contributed by atoms with Crippen molar-refractivity contribution in [3.63, 3.8) is 0 Å². The zero-order valence-electron chi connectivity index (χ0n) is 21.3. The smallest absolute Gasteiger partial charge is 0.193 e. The number of rotatable bonds is 9. The second kappa shape index (κ2) is 11.5. The van der Waals surface area contributed by atoms with Crippen molar-refractivity contribution in [1.82, 2.24) is 9.88 Å². The molecule has 2 aromatic carbocycles. The lowest BCUT2D eigenvalue weighted by Gasteiger charge is -2.32. The summed E-state index contributed by atoms with van der Waals surface area (Å²) in [6.45, 7) is 3.49. The molecule has 1 aliphatic rings. The van der Waals surface area contributed by atoms with Crippen LogP contribution in [0.1, 0.15) is 25.0 Å². The van der Waals surface area contributed by atoms with Gasteiger partial charge in [0.25, 0.3) is 0 Å². The number of pyridine rings is 1. The number of hydrogen-bond acceptors (Lipinski definition) is 7. The second-order valence-corrected chi connectivity index (χ2v) is 9.35. The van der Waals surface area contributed by atoms with Crippen molar-refractivity contribution in [2.24, 2.45) is 5.92 Å². The molecule has 5 rings (SSSR count). The van der Waals surface area contributed by atoms with Crippen molar-refractivity contribution in [3.05, 3.63) is 82.8 Å². The average Bonchev–Trinajstić information content (AvgIpc) is 2.94. The van der Waals surface area contributed by atoms with E-state index in [1.807, 2.05) is 48.5 Å². The molecule has 0 unspecified atom stereocenters. The predicted octanol–water partition coefficient (Wildman–Crippen LogP) is 5.55. The topological polar surface area (TPSA) is 74.0 Å². The summed E-state index contributed by atoms with van der Waals surface area (Å²) in [5.41, 5.74) is 2.32. The van der Waals surface area contributed by atoms with Gasteiger partial charge in [0.15, 0.2) is 16.9 Å². The minimum absolute atomic E-state index is 0.0397. The molecule has 3 heterocycles. The lowest BCUT2D eigenvalue weighted by atomic mass is 9.94. The largest absolute Gasteiger partial charge is 0.494 e. The van der Waals surface area contributed by atoms with Gasteiger partial charge in [-0.3, -0.25) is 14.7 Å². The van der Waals surface area contributed by atoms with E-state index in [1.54, 1.807) is 32.5 Å². The van der Waals surface area contributed by atoms with Gasteiger partial charge in [-0.05, 0) is 74.7 Å². The molecule has 0 amide bonds. The molecule has 1 aliphatic heterocycles. The maximum absolute atomic E-state index is 12.4. The van der Waals surface area contributed by atoms with E-state index in [2.05, 4.69) is 9.88 Å². The van der Waals surface area contributed by atoms with Crippen LogP contribution in [0, 0.1) is 5.92 Å². The highest BCUT2D eigenvalue weighted by atomic mass is 16.5. The number of methoxy groups -OCH3 is 2. The van der Waals surface area contributed by atoms with Crippen LogP contribution in [-0.2, 0) is 6.54 Å². The molecule has 4 aromatic rings. The molecule has 2 aromatic heterocycles. The first kappa shape index (κ1) is 24.8. The summed E-state index contributed by atoms with van der Waals surface area (Å²) in [5, 5.41) is 0.591. The number of fused-ring (bicyclic) bond motifs is 1. The van der Waals surface area contributed by atoms with Crippen LogP contribution in [0.25, 0.3) is 22.3 Å². The van der Waals surface area contributed by atoms with Gasteiger partial charge in [0, 0.05) is 30.4 Å². The van der Waals surface area contributed by atoms with Crippen molar-refractivity contribution in [3.8, 4) is 28.6 Å². The fourth-order valence-corrected chi connectivity index (χ4v) is 4.91. The Morgan fingerprint density at radius 2 is 1.78 bits per heavy atom. The number of piperidine rings is 1. The number of ether oxygens (including phenoxy) is 3. The summed E-state index contributed by atoms with van der Waals surface area (Å²) in [6.07, 6.45) is 5.06. The number of hydrogen-bond donors (Lipinski definition) is 0. The van der Waals surface area contributed by atoms with Crippen LogP contribution in [0.2, 0.25) is 0 Å². The summed E-state index contributed by atoms with van der Waals surface area (Å²) in [4.78, 5) is 19.3. The summed E-state index contributed by atoms with van der Waals surface area (Å²) in [5.74, 6) is 3.45. The molecule has 192 valence electrons. The molecule has 0 bridgehead atoms. The molecule has 0 aliphatic carbocycles. The maximum atomic E-state index is 12.4. The Balaban J connectivity index is 1.10. The van der Waals surface area contributed by atoms with Crippen LogP contribution >= 0.6 is 0 Å². The zero-order chi connectivity index (χ0) is 25.6. The molecular weight excluding hydrogens is 468 g/mol. The van der Waals surface area contributed by atoms with Gasteiger partial charge in [-0.1, -0.05) is 12.1 Å². The van der Waals surface area contributed by atoms with Crippen LogP contribution in [0.5, 0.6) is 17.2 Å². The average molecular weight is 501 g/mol. The van der Waals surface area contributed by atoms with Gasteiger partial charge in [-0.2, -0.15) is 0 Å². The number of para-hydroxylation sites is 1. The van der Waals surface area contributed by atoms with Crippen LogP contribution in [0.4, 0.5) is 0 Å². The molecule has 1 fully saturated rings. The molecule has 1 saturated heterocycles. The van der Waals surface area contributed by atoms with Gasteiger partial charge >= 0.3 is 0 Å². The fourth-order valence-electron chi connectivity index (χ4n) is 4.91. The van der Waals surface area contributed by atoms with E-state index < -0.39 is 0 Å². The number of aromatic nitrogens is 1. The van der Waals surface area contributed by atoms with Crippen LogP contribution in [-0.4, -0.2) is 43.8 Å². The quantitative estimate of drug-likeness (QED) is 0.298. The molecule has 7 nitrogen and oxygen atoms in total. The maximum Gasteiger partial charge on any atom is 0.193 e. The molecule has 0 radical (unpaired) electrons. The monoisotopic (exact) mass is 500 g/mol. The first-order valence-electron chi connectivity index (χ1n) is 12.7. The van der Waals surface area contributed by atoms with Crippen molar-refractivity contribution in [2.45, 2.75) is 25.8 Å². The lowest BCUT2D eigenvalue weighted by Crippen LogP contribution is -2.34. The highest BCUT2D eigenvalue weighted by Gasteiger charge is 2.21. The minimum atomic E-state index is -0.0397. The Morgan fingerprint density at radius 3 is 2.54 bits per heavy atom. The van der Waals surface area contributed by atoms with Crippen molar-refractivity contribution < 1.29 is 18.6 Å². The van der Waals surface area contributed by atoms with Crippen molar-refractivity contribution in [2.75, 3.05) is 33.9 Å². The van der Waals surface area contributed by atoms with E-state index in [1.165, 1.54) is 0 Å². The molecule has 0 spiro atoms. The van der Waals surface area contributed by atoms with E-state index in [0.717, 1.165) is 61.7 Å². The molecule has 37 heavy (non-hydrogen) atoms. The lowest BCUT2D eigenvalue weighted by molar-refractivity contribution is 0.155. The van der Waals surface area contributed by atoms with E-state index in [-0.39, 0.29) is 5.43 Å². The van der Waals surface area contributed by atoms with E-state index in [9.17, 15) is 4.79 Å². The minimum Gasteiger partial charge on any atom is -0.494 e. The van der Waals surface area contributed by atoms with E-state index in [4.69, 9.17) is 18.6 Å². The molecule has 0 atom stereocenters. The number of nitrogens with zero attached hydrogens (tertiary/aromatic N) is 2. The zero-order valence-corrected chi connectivity index (χ0v) is 21.3. The van der Waals surface area contributed by atoms with E-state index >= 15 is 0 Å². The van der Waals surface area contributed by atoms with Crippen LogP contribution in [0.3, 0.4) is 0 Å². The van der Waals surface area contributed by atoms with Crippen molar-refractivity contribution in [1.29, 1.82) is 0 Å². The Hall–Kier alpha value is -3.84. The van der Waals surface area contributed by atoms with Crippen LogP contribution in [0.15, 0.2) is 76.1 Å². The number of benzene rings is 2. The van der Waals surface area contributed by atoms with Gasteiger partial charge < -0.3 is 18.6 Å². The van der Waals surface area contributed by atoms with E-state index in [0.29, 0.717) is 35.0 Å². The third kappa shape index (κ3) is 5.78. The molecular formula is C30H32N2O5. The normalized spacial score (nSPS) is 14.5. The Bertz CT molecular complexity index is 1390. The van der Waals surface area contributed by atoms with Gasteiger partial charge in [0.2, 0.25) is 0 Å². The highest BCUT2D eigenvalue weighted by Crippen LogP contribution is 2.31. The van der Waals surface area contributed by atoms with Crippen LogP contribution < -0.4 is 19.6 Å². The Labute approximate surface area is 216 Å².